The second-order valence-electron chi connectivity index (χ2n) is 9.70. The van der Waals surface area contributed by atoms with Gasteiger partial charge in [-0.15, -0.1) is 5.10 Å². The topological polar surface area (TPSA) is 110 Å². The average Bonchev–Trinajstić information content (AvgIpc) is 3.50. The van der Waals surface area contributed by atoms with Crippen LogP contribution in [0.5, 0.6) is 0 Å². The number of hydrogen-bond acceptors (Lipinski definition) is 6. The van der Waals surface area contributed by atoms with Crippen LogP contribution in [-0.2, 0) is 0 Å². The Balaban J connectivity index is 1.37. The summed E-state index contributed by atoms with van der Waals surface area (Å²) in [5, 5.41) is 18.8. The number of hydrogen-bond donors (Lipinski definition) is 3. The maximum Gasteiger partial charge on any atom is 0.300 e. The van der Waals surface area contributed by atoms with E-state index in [2.05, 4.69) is 37.7 Å². The SMILES string of the molecule is CCC1CCC(NCCC(c2cnn(C3CC(F)C3(F)F)c2)c2cc(N)nc3n[nH]nc23)CC1. The molecule has 0 aromatic carbocycles. The Morgan fingerprint density at radius 3 is 2.76 bits per heavy atom. The second kappa shape index (κ2) is 9.16. The number of alkyl halides is 3. The van der Waals surface area contributed by atoms with Gasteiger partial charge in [0.05, 0.1) is 6.20 Å². The van der Waals surface area contributed by atoms with E-state index >= 15 is 0 Å². The summed E-state index contributed by atoms with van der Waals surface area (Å²) in [5.74, 6) is -2.48. The van der Waals surface area contributed by atoms with Gasteiger partial charge >= 0.3 is 5.92 Å². The minimum Gasteiger partial charge on any atom is -0.384 e. The van der Waals surface area contributed by atoms with Crippen molar-refractivity contribution in [2.75, 3.05) is 12.3 Å². The van der Waals surface area contributed by atoms with Gasteiger partial charge in [-0.1, -0.05) is 13.3 Å². The first kappa shape index (κ1) is 23.1. The van der Waals surface area contributed by atoms with Crippen molar-refractivity contribution in [2.45, 2.75) is 82.0 Å². The third-order valence-electron chi connectivity index (χ3n) is 7.64. The van der Waals surface area contributed by atoms with E-state index < -0.39 is 18.1 Å². The van der Waals surface area contributed by atoms with E-state index in [9.17, 15) is 13.2 Å². The fourth-order valence-corrected chi connectivity index (χ4v) is 5.40. The molecule has 34 heavy (non-hydrogen) atoms. The minimum atomic E-state index is -3.40. The zero-order valence-electron chi connectivity index (χ0n) is 19.2. The van der Waals surface area contributed by atoms with Crippen LogP contribution in [-0.4, -0.2) is 54.9 Å². The Labute approximate surface area is 195 Å². The molecule has 4 N–H and O–H groups in total. The Morgan fingerprint density at radius 2 is 2.06 bits per heavy atom. The van der Waals surface area contributed by atoms with Gasteiger partial charge in [0.2, 0.25) is 5.65 Å². The highest BCUT2D eigenvalue weighted by Gasteiger charge is 2.60. The van der Waals surface area contributed by atoms with Gasteiger partial charge in [-0.25, -0.2) is 18.2 Å². The van der Waals surface area contributed by atoms with E-state index in [4.69, 9.17) is 5.73 Å². The normalized spacial score (nSPS) is 27.5. The van der Waals surface area contributed by atoms with E-state index in [-0.39, 0.29) is 12.3 Å². The van der Waals surface area contributed by atoms with Gasteiger partial charge < -0.3 is 11.1 Å². The van der Waals surface area contributed by atoms with Gasteiger partial charge in [0.15, 0.2) is 6.17 Å². The van der Waals surface area contributed by atoms with Gasteiger partial charge in [0.25, 0.3) is 0 Å². The van der Waals surface area contributed by atoms with Crippen molar-refractivity contribution in [3.05, 3.63) is 29.6 Å². The molecule has 3 heterocycles. The van der Waals surface area contributed by atoms with Crippen molar-refractivity contribution >= 4 is 17.0 Å². The lowest BCUT2D eigenvalue weighted by Crippen LogP contribution is -2.51. The van der Waals surface area contributed by atoms with Gasteiger partial charge in [0, 0.05) is 24.6 Å². The Hall–Kier alpha value is -2.69. The number of pyridine rings is 1. The summed E-state index contributed by atoms with van der Waals surface area (Å²) >= 11 is 0. The highest BCUT2D eigenvalue weighted by Crippen LogP contribution is 2.49. The third kappa shape index (κ3) is 4.25. The Bertz CT molecular complexity index is 1120. The highest BCUT2D eigenvalue weighted by atomic mass is 19.3. The Morgan fingerprint density at radius 1 is 1.26 bits per heavy atom. The van der Waals surface area contributed by atoms with Gasteiger partial charge in [-0.2, -0.15) is 15.4 Å². The molecule has 0 aliphatic heterocycles. The van der Waals surface area contributed by atoms with E-state index in [1.54, 1.807) is 18.5 Å². The lowest BCUT2D eigenvalue weighted by Gasteiger charge is -2.39. The number of fused-ring (bicyclic) bond motifs is 1. The number of H-pyrrole nitrogens is 1. The molecule has 0 spiro atoms. The number of nitrogen functional groups attached to an aromatic ring is 1. The number of aromatic nitrogens is 6. The van der Waals surface area contributed by atoms with Gasteiger partial charge in [0.1, 0.15) is 17.4 Å². The van der Waals surface area contributed by atoms with Crippen LogP contribution in [0.3, 0.4) is 0 Å². The van der Waals surface area contributed by atoms with Crippen LogP contribution < -0.4 is 11.1 Å². The number of anilines is 1. The molecule has 8 nitrogen and oxygen atoms in total. The summed E-state index contributed by atoms with van der Waals surface area (Å²) in [5.41, 5.74) is 8.60. The number of nitrogens with two attached hydrogens (primary N) is 1. The lowest BCUT2D eigenvalue weighted by atomic mass is 9.84. The standard InChI is InChI=1S/C23H31F3N8/c1-2-13-3-5-15(6-4-13)28-8-7-16(17-9-20(27)30-22-21(17)31-33-32-22)14-11-29-34(12-14)19-10-18(24)23(19,25)26/h9,11-13,15-16,18-19,28H,2-8,10H2,1H3,(H3,27,30,31,32,33). The summed E-state index contributed by atoms with van der Waals surface area (Å²) in [6, 6.07) is 0.976. The second-order valence-corrected chi connectivity index (χ2v) is 9.70. The number of nitrogens with zero attached hydrogens (tertiary/aromatic N) is 5. The van der Waals surface area contributed by atoms with Crippen molar-refractivity contribution in [3.63, 3.8) is 0 Å². The van der Waals surface area contributed by atoms with Crippen molar-refractivity contribution in [3.8, 4) is 0 Å². The minimum absolute atomic E-state index is 0.207. The van der Waals surface area contributed by atoms with Crippen molar-refractivity contribution in [1.29, 1.82) is 0 Å². The summed E-state index contributed by atoms with van der Waals surface area (Å²) < 4.78 is 42.6. The first-order valence-corrected chi connectivity index (χ1v) is 12.1. The monoisotopic (exact) mass is 476 g/mol. The molecule has 2 saturated carbocycles. The lowest BCUT2D eigenvalue weighted by molar-refractivity contribution is -0.187. The molecule has 3 atom stereocenters. The number of rotatable bonds is 8. The van der Waals surface area contributed by atoms with Crippen molar-refractivity contribution in [1.82, 2.24) is 35.5 Å². The van der Waals surface area contributed by atoms with Crippen LogP contribution >= 0.6 is 0 Å². The molecular formula is C23H31F3N8. The summed E-state index contributed by atoms with van der Waals surface area (Å²) in [4.78, 5) is 4.22. The molecule has 0 radical (unpaired) electrons. The fourth-order valence-electron chi connectivity index (χ4n) is 5.40. The quantitative estimate of drug-likeness (QED) is 0.451. The van der Waals surface area contributed by atoms with E-state index in [0.29, 0.717) is 29.4 Å². The first-order chi connectivity index (χ1) is 16.4. The van der Waals surface area contributed by atoms with Gasteiger partial charge in [-0.3, -0.25) is 4.68 Å². The summed E-state index contributed by atoms with van der Waals surface area (Å²) in [6.07, 6.45) is 7.57. The molecule has 3 aromatic rings. The van der Waals surface area contributed by atoms with Crippen LogP contribution in [0.25, 0.3) is 11.2 Å². The predicted octanol–water partition coefficient (Wildman–Crippen LogP) is 4.13. The van der Waals surface area contributed by atoms with E-state index in [1.807, 2.05) is 0 Å². The van der Waals surface area contributed by atoms with Crippen LogP contribution in [0.4, 0.5) is 19.0 Å². The zero-order valence-corrected chi connectivity index (χ0v) is 19.2. The molecule has 184 valence electrons. The molecule has 3 aromatic heterocycles. The summed E-state index contributed by atoms with van der Waals surface area (Å²) in [6.45, 7) is 2.99. The van der Waals surface area contributed by atoms with Crippen LogP contribution in [0.1, 0.15) is 75.0 Å². The Kier molecular flexibility index (Phi) is 6.22. The van der Waals surface area contributed by atoms with Crippen molar-refractivity contribution in [2.24, 2.45) is 5.92 Å². The molecule has 11 heteroatoms. The largest absolute Gasteiger partial charge is 0.384 e. The molecule has 2 aliphatic rings. The maximum absolute atomic E-state index is 14.0. The van der Waals surface area contributed by atoms with Crippen molar-refractivity contribution < 1.29 is 13.2 Å². The molecule has 0 amide bonds. The molecular weight excluding hydrogens is 445 g/mol. The van der Waals surface area contributed by atoms with Crippen LogP contribution in [0.15, 0.2) is 18.5 Å². The van der Waals surface area contributed by atoms with Gasteiger partial charge in [-0.05, 0) is 61.8 Å². The first-order valence-electron chi connectivity index (χ1n) is 12.1. The highest BCUT2D eigenvalue weighted by molar-refractivity contribution is 5.77. The molecule has 2 aliphatic carbocycles. The predicted molar refractivity (Wildman–Crippen MR) is 122 cm³/mol. The van der Waals surface area contributed by atoms with E-state index in [1.165, 1.54) is 23.9 Å². The summed E-state index contributed by atoms with van der Waals surface area (Å²) in [7, 11) is 0. The molecule has 0 bridgehead atoms. The van der Waals surface area contributed by atoms with Crippen LogP contribution in [0.2, 0.25) is 0 Å². The molecule has 5 rings (SSSR count). The van der Waals surface area contributed by atoms with E-state index in [0.717, 1.165) is 36.4 Å². The number of aromatic amines is 1. The average molecular weight is 477 g/mol. The number of halogens is 3. The smallest absolute Gasteiger partial charge is 0.300 e. The molecule has 0 saturated heterocycles. The third-order valence-corrected chi connectivity index (χ3v) is 7.64. The molecule has 3 unspecified atom stereocenters. The zero-order chi connectivity index (χ0) is 23.9. The van der Waals surface area contributed by atoms with Crippen LogP contribution in [0, 0.1) is 5.92 Å². The maximum atomic E-state index is 14.0. The number of nitrogens with one attached hydrogen (secondary N) is 2. The fraction of sp³-hybridized carbons (Fsp3) is 0.652. The molecule has 2 fully saturated rings.